The van der Waals surface area contributed by atoms with E-state index in [1.807, 2.05) is 23.8 Å². The number of amides is 1. The predicted octanol–water partition coefficient (Wildman–Crippen LogP) is 3.49. The number of hydrogen-bond acceptors (Lipinski definition) is 3. The number of nitrogens with zero attached hydrogens (tertiary/aromatic N) is 3. The summed E-state index contributed by atoms with van der Waals surface area (Å²) in [6, 6.07) is 8.51. The normalized spacial score (nSPS) is 13.5. The monoisotopic (exact) mass is 516 g/mol. The number of nitrogens with one attached hydrogen (secondary N) is 1. The molecule has 0 atom stereocenters. The van der Waals surface area contributed by atoms with E-state index in [4.69, 9.17) is 0 Å². The summed E-state index contributed by atoms with van der Waals surface area (Å²) in [7, 11) is 1.91. The molecular weight excluding hydrogens is 490 g/mol. The van der Waals surface area contributed by atoms with Crippen molar-refractivity contribution in [2.45, 2.75) is 26.4 Å². The largest absolute Gasteiger partial charge is 0.357 e. The molecule has 0 aliphatic carbocycles. The van der Waals surface area contributed by atoms with Gasteiger partial charge in [0.05, 0.1) is 0 Å². The summed E-state index contributed by atoms with van der Waals surface area (Å²) in [6.07, 6.45) is 0.924. The molecule has 8 heteroatoms. The summed E-state index contributed by atoms with van der Waals surface area (Å²) in [5.74, 6) is 0.462. The SMILES string of the molecule is CCNC(=NCC(=O)N1CCc2sccc2C1)N(C)Cc1ccc(F)cc1.I. The van der Waals surface area contributed by atoms with Gasteiger partial charge in [0.2, 0.25) is 5.91 Å². The fourth-order valence-electron chi connectivity index (χ4n) is 3.11. The molecule has 28 heavy (non-hydrogen) atoms. The molecule has 1 amide bonds. The van der Waals surface area contributed by atoms with Crippen LogP contribution < -0.4 is 5.32 Å². The van der Waals surface area contributed by atoms with Crippen molar-refractivity contribution >= 4 is 47.2 Å². The van der Waals surface area contributed by atoms with E-state index in [1.165, 1.54) is 22.6 Å². The molecule has 0 radical (unpaired) electrons. The number of carbonyl (C=O) groups is 1. The molecule has 152 valence electrons. The van der Waals surface area contributed by atoms with Crippen LogP contribution in [0.25, 0.3) is 0 Å². The number of rotatable bonds is 5. The van der Waals surface area contributed by atoms with E-state index in [9.17, 15) is 9.18 Å². The highest BCUT2D eigenvalue weighted by Crippen LogP contribution is 2.23. The zero-order chi connectivity index (χ0) is 19.2. The van der Waals surface area contributed by atoms with Crippen LogP contribution in [-0.4, -0.2) is 48.3 Å². The summed E-state index contributed by atoms with van der Waals surface area (Å²) in [6.45, 7) is 4.84. The Balaban J connectivity index is 0.00000280. The zero-order valence-corrected chi connectivity index (χ0v) is 19.3. The van der Waals surface area contributed by atoms with Crippen LogP contribution in [0.4, 0.5) is 4.39 Å². The van der Waals surface area contributed by atoms with Crippen molar-refractivity contribution in [3.8, 4) is 0 Å². The van der Waals surface area contributed by atoms with E-state index in [-0.39, 0.29) is 42.2 Å². The van der Waals surface area contributed by atoms with Crippen LogP contribution in [0.3, 0.4) is 0 Å². The van der Waals surface area contributed by atoms with Gasteiger partial charge in [-0.3, -0.25) is 4.79 Å². The summed E-state index contributed by atoms with van der Waals surface area (Å²) in [5.41, 5.74) is 2.24. The van der Waals surface area contributed by atoms with Crippen molar-refractivity contribution in [3.05, 3.63) is 57.5 Å². The lowest BCUT2D eigenvalue weighted by Crippen LogP contribution is -2.41. The van der Waals surface area contributed by atoms with Crippen molar-refractivity contribution in [2.75, 3.05) is 26.7 Å². The molecule has 0 spiro atoms. The van der Waals surface area contributed by atoms with Gasteiger partial charge in [-0.25, -0.2) is 9.38 Å². The van der Waals surface area contributed by atoms with Crippen LogP contribution in [0.1, 0.15) is 22.9 Å². The third-order valence-corrected chi connectivity index (χ3v) is 5.58. The van der Waals surface area contributed by atoms with Crippen LogP contribution in [0, 0.1) is 5.82 Å². The van der Waals surface area contributed by atoms with Crippen LogP contribution in [0.15, 0.2) is 40.7 Å². The standard InChI is InChI=1S/C20H25FN4OS.HI/c1-3-22-20(24(2)13-15-4-6-17(21)7-5-15)23-12-19(26)25-10-8-18-16(14-25)9-11-27-18;/h4-7,9,11H,3,8,10,12-14H2,1-2H3,(H,22,23);1H. The second-order valence-corrected chi connectivity index (χ2v) is 7.59. The van der Waals surface area contributed by atoms with E-state index in [2.05, 4.69) is 21.8 Å². The first-order valence-electron chi connectivity index (χ1n) is 9.13. The minimum Gasteiger partial charge on any atom is -0.357 e. The Labute approximate surface area is 186 Å². The molecular formula is C20H26FIN4OS. The molecule has 1 aromatic heterocycles. The van der Waals surface area contributed by atoms with Gasteiger partial charge in [0.15, 0.2) is 5.96 Å². The van der Waals surface area contributed by atoms with Gasteiger partial charge in [0, 0.05) is 38.1 Å². The summed E-state index contributed by atoms with van der Waals surface area (Å²) in [5, 5.41) is 5.30. The number of benzene rings is 1. The lowest BCUT2D eigenvalue weighted by Gasteiger charge is -2.27. The van der Waals surface area contributed by atoms with E-state index < -0.39 is 0 Å². The van der Waals surface area contributed by atoms with Gasteiger partial charge < -0.3 is 15.1 Å². The summed E-state index contributed by atoms with van der Waals surface area (Å²) in [4.78, 5) is 22.3. The third kappa shape index (κ3) is 5.91. The molecule has 0 saturated heterocycles. The van der Waals surface area contributed by atoms with E-state index in [0.717, 1.165) is 18.5 Å². The highest BCUT2D eigenvalue weighted by atomic mass is 127. The smallest absolute Gasteiger partial charge is 0.244 e. The maximum absolute atomic E-state index is 13.1. The highest BCUT2D eigenvalue weighted by molar-refractivity contribution is 14.0. The number of carbonyl (C=O) groups excluding carboxylic acids is 1. The minimum atomic E-state index is -0.247. The maximum atomic E-state index is 13.1. The van der Waals surface area contributed by atoms with Gasteiger partial charge >= 0.3 is 0 Å². The lowest BCUT2D eigenvalue weighted by molar-refractivity contribution is -0.130. The van der Waals surface area contributed by atoms with Crippen LogP contribution in [-0.2, 0) is 24.3 Å². The number of fused-ring (bicyclic) bond motifs is 1. The van der Waals surface area contributed by atoms with Crippen molar-refractivity contribution in [1.82, 2.24) is 15.1 Å². The molecule has 3 rings (SSSR count). The Hall–Kier alpha value is -1.68. The zero-order valence-electron chi connectivity index (χ0n) is 16.2. The number of thiophene rings is 1. The fourth-order valence-corrected chi connectivity index (χ4v) is 4.00. The van der Waals surface area contributed by atoms with E-state index in [1.54, 1.807) is 23.5 Å². The maximum Gasteiger partial charge on any atom is 0.244 e. The minimum absolute atomic E-state index is 0. The predicted molar refractivity (Wildman–Crippen MR) is 123 cm³/mol. The van der Waals surface area contributed by atoms with Gasteiger partial charge in [-0.15, -0.1) is 35.3 Å². The Morgan fingerprint density at radius 1 is 1.32 bits per heavy atom. The summed E-state index contributed by atoms with van der Waals surface area (Å²) >= 11 is 1.76. The number of hydrogen-bond donors (Lipinski definition) is 1. The molecule has 0 saturated carbocycles. The van der Waals surface area contributed by atoms with Crippen molar-refractivity contribution < 1.29 is 9.18 Å². The topological polar surface area (TPSA) is 47.9 Å². The first-order chi connectivity index (χ1) is 13.1. The molecule has 1 aliphatic heterocycles. The molecule has 0 fully saturated rings. The average Bonchev–Trinajstić information content (AvgIpc) is 3.14. The molecule has 0 bridgehead atoms. The first kappa shape index (κ1) is 22.6. The highest BCUT2D eigenvalue weighted by Gasteiger charge is 2.21. The Morgan fingerprint density at radius 2 is 2.07 bits per heavy atom. The van der Waals surface area contributed by atoms with Crippen molar-refractivity contribution in [2.24, 2.45) is 4.99 Å². The Morgan fingerprint density at radius 3 is 2.79 bits per heavy atom. The van der Waals surface area contributed by atoms with Gasteiger partial charge in [0.25, 0.3) is 0 Å². The average molecular weight is 516 g/mol. The van der Waals surface area contributed by atoms with Crippen molar-refractivity contribution in [1.29, 1.82) is 0 Å². The van der Waals surface area contributed by atoms with Gasteiger partial charge in [-0.1, -0.05) is 12.1 Å². The molecule has 2 heterocycles. The number of guanidine groups is 1. The molecule has 2 aromatic rings. The van der Waals surface area contributed by atoms with Crippen LogP contribution in [0.5, 0.6) is 0 Å². The van der Waals surface area contributed by atoms with Gasteiger partial charge in [-0.05, 0) is 48.1 Å². The number of aliphatic imine (C=N–C) groups is 1. The van der Waals surface area contributed by atoms with Gasteiger partial charge in [0.1, 0.15) is 12.4 Å². The third-order valence-electron chi connectivity index (χ3n) is 4.55. The number of halogens is 2. The lowest BCUT2D eigenvalue weighted by atomic mass is 10.1. The second kappa shape index (κ2) is 10.8. The molecule has 0 unspecified atom stereocenters. The van der Waals surface area contributed by atoms with E-state index in [0.29, 0.717) is 25.6 Å². The van der Waals surface area contributed by atoms with E-state index >= 15 is 0 Å². The Kier molecular flexibility index (Phi) is 8.68. The first-order valence-corrected chi connectivity index (χ1v) is 10.0. The molecule has 1 aliphatic rings. The fraction of sp³-hybridized carbons (Fsp3) is 0.400. The summed E-state index contributed by atoms with van der Waals surface area (Å²) < 4.78 is 13.1. The molecule has 5 nitrogen and oxygen atoms in total. The van der Waals surface area contributed by atoms with Crippen LogP contribution in [0.2, 0.25) is 0 Å². The van der Waals surface area contributed by atoms with Crippen molar-refractivity contribution in [3.63, 3.8) is 0 Å². The van der Waals surface area contributed by atoms with Gasteiger partial charge in [-0.2, -0.15) is 0 Å². The second-order valence-electron chi connectivity index (χ2n) is 6.59. The molecule has 1 N–H and O–H groups in total. The quantitative estimate of drug-likeness (QED) is 0.376. The molecule has 1 aromatic carbocycles. The Bertz CT molecular complexity index is 809. The van der Waals surface area contributed by atoms with Crippen LogP contribution >= 0.6 is 35.3 Å².